The number of sulfonamides is 1. The highest BCUT2D eigenvalue weighted by molar-refractivity contribution is 7.92. The van der Waals surface area contributed by atoms with Crippen LogP contribution in [-0.4, -0.2) is 14.0 Å². The molecule has 0 saturated heterocycles. The molecule has 1 aromatic carbocycles. The zero-order valence-corrected chi connectivity index (χ0v) is 13.6. The lowest BCUT2D eigenvalue weighted by atomic mass is 9.53. The normalized spacial score (nSPS) is 37.0. The van der Waals surface area contributed by atoms with Crippen LogP contribution in [0.1, 0.15) is 44.1 Å². The van der Waals surface area contributed by atoms with Gasteiger partial charge in [0.1, 0.15) is 0 Å². The van der Waals surface area contributed by atoms with Crippen LogP contribution in [-0.2, 0) is 10.0 Å². The zero-order valence-electron chi connectivity index (χ0n) is 12.7. The topological polar surface area (TPSA) is 46.2 Å². The molecule has 4 fully saturated rings. The first kappa shape index (κ1) is 14.5. The summed E-state index contributed by atoms with van der Waals surface area (Å²) in [7, 11) is -3.37. The van der Waals surface area contributed by atoms with Gasteiger partial charge in [-0.3, -0.25) is 0 Å². The molecule has 118 valence electrons. The molecule has 1 N–H and O–H groups in total. The summed E-state index contributed by atoms with van der Waals surface area (Å²) >= 11 is 0. The van der Waals surface area contributed by atoms with Crippen molar-refractivity contribution in [2.24, 2.45) is 17.8 Å². The summed E-state index contributed by atoms with van der Waals surface area (Å²) in [4.78, 5) is 0. The van der Waals surface area contributed by atoms with Gasteiger partial charge in [-0.15, -0.1) is 0 Å². The average molecular weight is 317 g/mol. The molecule has 5 rings (SSSR count). The second-order valence-corrected chi connectivity index (χ2v) is 9.12. The van der Waals surface area contributed by atoms with Crippen LogP contribution < -0.4 is 4.72 Å². The van der Waals surface area contributed by atoms with Crippen molar-refractivity contribution in [2.45, 2.75) is 44.1 Å². The van der Waals surface area contributed by atoms with Gasteiger partial charge in [-0.05, 0) is 67.9 Å². The Balaban J connectivity index is 1.51. The van der Waals surface area contributed by atoms with E-state index in [4.69, 9.17) is 0 Å². The molecule has 0 aromatic heterocycles. The van der Waals surface area contributed by atoms with Crippen LogP contribution >= 0.6 is 0 Å². The van der Waals surface area contributed by atoms with E-state index in [2.05, 4.69) is 4.72 Å². The molecule has 0 unspecified atom stereocenters. The number of nitrogens with one attached hydrogen (secondary N) is 1. The fourth-order valence-electron chi connectivity index (χ4n) is 5.30. The molecule has 4 saturated carbocycles. The van der Waals surface area contributed by atoms with E-state index in [9.17, 15) is 8.42 Å². The highest BCUT2D eigenvalue weighted by atomic mass is 32.2. The van der Waals surface area contributed by atoms with Gasteiger partial charge < -0.3 is 0 Å². The standard InChI is InChI=1S/C18H23NO2S/c20-22(21,7-6-14-4-2-1-3-5-14)19-18-11-15-8-16(12-18)10-17(9-15)13-18/h1-7,15-17,19H,8-13H2/b7-6+. The lowest BCUT2D eigenvalue weighted by molar-refractivity contribution is -0.00793. The number of rotatable bonds is 4. The Kier molecular flexibility index (Phi) is 3.42. The predicted octanol–water partition coefficient (Wildman–Crippen LogP) is 3.55. The van der Waals surface area contributed by atoms with E-state index in [1.807, 2.05) is 30.3 Å². The fraction of sp³-hybridized carbons (Fsp3) is 0.556. The molecule has 3 nitrogen and oxygen atoms in total. The van der Waals surface area contributed by atoms with Gasteiger partial charge in [0.2, 0.25) is 10.0 Å². The molecule has 0 heterocycles. The Morgan fingerprint density at radius 3 is 2.05 bits per heavy atom. The van der Waals surface area contributed by atoms with Gasteiger partial charge in [0.25, 0.3) is 0 Å². The summed E-state index contributed by atoms with van der Waals surface area (Å²) in [5, 5.41) is 1.33. The smallest absolute Gasteiger partial charge is 0.208 e. The molecule has 0 spiro atoms. The van der Waals surface area contributed by atoms with Crippen LogP contribution in [0.5, 0.6) is 0 Å². The molecule has 22 heavy (non-hydrogen) atoms. The largest absolute Gasteiger partial charge is 0.234 e. The molecule has 4 aliphatic carbocycles. The fourth-order valence-corrected chi connectivity index (χ4v) is 6.56. The molecule has 0 atom stereocenters. The van der Waals surface area contributed by atoms with E-state index in [1.54, 1.807) is 6.08 Å². The molecule has 4 aliphatic rings. The lowest BCUT2D eigenvalue weighted by Gasteiger charge is -2.56. The first-order valence-corrected chi connectivity index (χ1v) is 9.84. The van der Waals surface area contributed by atoms with Gasteiger partial charge in [-0.25, -0.2) is 13.1 Å². The summed E-state index contributed by atoms with van der Waals surface area (Å²) in [5.74, 6) is 2.23. The third-order valence-corrected chi connectivity index (χ3v) is 6.85. The van der Waals surface area contributed by atoms with Crippen molar-refractivity contribution in [1.82, 2.24) is 4.72 Å². The van der Waals surface area contributed by atoms with Crippen molar-refractivity contribution in [2.75, 3.05) is 0 Å². The second-order valence-electron chi connectivity index (χ2n) is 7.56. The monoisotopic (exact) mass is 317 g/mol. The Bertz CT molecular complexity index is 643. The summed E-state index contributed by atoms with van der Waals surface area (Å²) < 4.78 is 28.0. The summed E-state index contributed by atoms with van der Waals surface area (Å²) in [5.41, 5.74) is 0.757. The van der Waals surface area contributed by atoms with Crippen molar-refractivity contribution in [3.8, 4) is 0 Å². The Morgan fingerprint density at radius 2 is 1.50 bits per heavy atom. The Morgan fingerprint density at radius 1 is 0.955 bits per heavy atom. The maximum absolute atomic E-state index is 12.5. The van der Waals surface area contributed by atoms with Crippen LogP contribution in [0.2, 0.25) is 0 Å². The van der Waals surface area contributed by atoms with Gasteiger partial charge in [0, 0.05) is 10.9 Å². The molecule has 4 bridgehead atoms. The van der Waals surface area contributed by atoms with E-state index in [-0.39, 0.29) is 5.54 Å². The molecule has 0 amide bonds. The minimum absolute atomic E-state index is 0.158. The van der Waals surface area contributed by atoms with Crippen molar-refractivity contribution < 1.29 is 8.42 Å². The van der Waals surface area contributed by atoms with Gasteiger partial charge in [0.15, 0.2) is 0 Å². The summed E-state index contributed by atoms with van der Waals surface area (Å²) in [6.45, 7) is 0. The van der Waals surface area contributed by atoms with E-state index in [0.717, 1.165) is 42.6 Å². The summed E-state index contributed by atoms with van der Waals surface area (Å²) in [6, 6.07) is 9.59. The van der Waals surface area contributed by atoms with Crippen LogP contribution in [0.25, 0.3) is 6.08 Å². The first-order chi connectivity index (χ1) is 10.5. The predicted molar refractivity (Wildman–Crippen MR) is 88.4 cm³/mol. The van der Waals surface area contributed by atoms with Gasteiger partial charge in [0.05, 0.1) is 0 Å². The molecule has 4 heteroatoms. The van der Waals surface area contributed by atoms with E-state index >= 15 is 0 Å². The number of hydrogen-bond donors (Lipinski definition) is 1. The highest BCUT2D eigenvalue weighted by Crippen LogP contribution is 2.55. The Hall–Kier alpha value is -1.13. The van der Waals surface area contributed by atoms with E-state index in [0.29, 0.717) is 0 Å². The molecular weight excluding hydrogens is 294 g/mol. The first-order valence-electron chi connectivity index (χ1n) is 8.29. The second kappa shape index (κ2) is 5.20. The lowest BCUT2D eigenvalue weighted by Crippen LogP contribution is -2.59. The van der Waals surface area contributed by atoms with Crippen molar-refractivity contribution >= 4 is 16.1 Å². The van der Waals surface area contributed by atoms with Gasteiger partial charge in [-0.1, -0.05) is 30.3 Å². The van der Waals surface area contributed by atoms with Crippen molar-refractivity contribution in [1.29, 1.82) is 0 Å². The summed E-state index contributed by atoms with van der Waals surface area (Å²) in [6.07, 6.45) is 8.76. The average Bonchev–Trinajstić information content (AvgIpc) is 2.44. The van der Waals surface area contributed by atoms with Crippen LogP contribution in [0.4, 0.5) is 0 Å². The quantitative estimate of drug-likeness (QED) is 0.923. The highest BCUT2D eigenvalue weighted by Gasteiger charge is 2.52. The number of hydrogen-bond acceptors (Lipinski definition) is 2. The third-order valence-electron chi connectivity index (χ3n) is 5.64. The Labute approximate surface area is 132 Å². The van der Waals surface area contributed by atoms with E-state index < -0.39 is 10.0 Å². The zero-order chi connectivity index (χ0) is 15.2. The minimum Gasteiger partial charge on any atom is -0.208 e. The van der Waals surface area contributed by atoms with E-state index in [1.165, 1.54) is 24.7 Å². The third kappa shape index (κ3) is 2.86. The molecule has 1 aromatic rings. The van der Waals surface area contributed by atoms with Crippen molar-refractivity contribution in [3.05, 3.63) is 41.3 Å². The van der Waals surface area contributed by atoms with Gasteiger partial charge in [-0.2, -0.15) is 0 Å². The maximum Gasteiger partial charge on any atom is 0.234 e. The maximum atomic E-state index is 12.5. The van der Waals surface area contributed by atoms with Crippen LogP contribution in [0.15, 0.2) is 35.7 Å². The molecule has 0 radical (unpaired) electrons. The molecule has 0 aliphatic heterocycles. The number of benzene rings is 1. The van der Waals surface area contributed by atoms with Crippen LogP contribution in [0, 0.1) is 17.8 Å². The SMILES string of the molecule is O=S(=O)(/C=C/c1ccccc1)NC12CC3CC(CC(C3)C1)C2. The van der Waals surface area contributed by atoms with Crippen LogP contribution in [0.3, 0.4) is 0 Å². The van der Waals surface area contributed by atoms with Gasteiger partial charge >= 0.3 is 0 Å². The minimum atomic E-state index is -3.37. The molecular formula is C18H23NO2S. The van der Waals surface area contributed by atoms with Crippen molar-refractivity contribution in [3.63, 3.8) is 0 Å².